The molecule has 1 fully saturated rings. The Bertz CT molecular complexity index is 702. The highest BCUT2D eigenvalue weighted by Gasteiger charge is 2.32. The predicted octanol–water partition coefficient (Wildman–Crippen LogP) is -0.296. The summed E-state index contributed by atoms with van der Waals surface area (Å²) >= 11 is 0. The second kappa shape index (κ2) is 5.40. The van der Waals surface area contributed by atoms with Crippen LogP contribution in [-0.4, -0.2) is 45.7 Å². The molecule has 2 N–H and O–H groups in total. The molecule has 0 bridgehead atoms. The van der Waals surface area contributed by atoms with Crippen molar-refractivity contribution in [1.82, 2.24) is 4.31 Å². The van der Waals surface area contributed by atoms with E-state index in [0.717, 1.165) is 16.4 Å². The maximum Gasteiger partial charge on any atom is 0.243 e. The van der Waals surface area contributed by atoms with Gasteiger partial charge in [0.15, 0.2) is 9.84 Å². The van der Waals surface area contributed by atoms with Crippen LogP contribution in [0.5, 0.6) is 0 Å². The first kappa shape index (κ1) is 15.4. The summed E-state index contributed by atoms with van der Waals surface area (Å²) in [5.74, 6) is -1.12. The first-order valence-corrected chi connectivity index (χ1v) is 9.21. The summed E-state index contributed by atoms with van der Waals surface area (Å²) in [4.78, 5) is -0.195. The first-order valence-electron chi connectivity index (χ1n) is 5.95. The zero-order valence-corrected chi connectivity index (χ0v) is 12.3. The molecule has 0 radical (unpaired) electrons. The van der Waals surface area contributed by atoms with E-state index in [2.05, 4.69) is 0 Å². The molecule has 0 aliphatic carbocycles. The fourth-order valence-electron chi connectivity index (χ4n) is 2.01. The lowest BCUT2D eigenvalue weighted by Gasteiger charge is -2.26. The molecular formula is C11H15FN2O4S2. The Kier molecular flexibility index (Phi) is 4.14. The van der Waals surface area contributed by atoms with E-state index in [4.69, 9.17) is 5.73 Å². The van der Waals surface area contributed by atoms with Gasteiger partial charge in [0.1, 0.15) is 5.82 Å². The summed E-state index contributed by atoms with van der Waals surface area (Å²) < 4.78 is 61.9. The number of hydrogen-bond acceptors (Lipinski definition) is 5. The van der Waals surface area contributed by atoms with Gasteiger partial charge in [-0.25, -0.2) is 21.2 Å². The second-order valence-corrected chi connectivity index (χ2v) is 8.72. The smallest absolute Gasteiger partial charge is 0.243 e. The molecule has 0 unspecified atom stereocenters. The third kappa shape index (κ3) is 3.00. The molecule has 112 valence electrons. The van der Waals surface area contributed by atoms with E-state index in [1.54, 1.807) is 0 Å². The molecule has 0 saturated carbocycles. The summed E-state index contributed by atoms with van der Waals surface area (Å²) in [6, 6.07) is 3.38. The number of rotatable bonds is 3. The van der Waals surface area contributed by atoms with E-state index >= 15 is 0 Å². The highest BCUT2D eigenvalue weighted by Crippen LogP contribution is 2.22. The van der Waals surface area contributed by atoms with Crippen LogP contribution in [0.4, 0.5) is 4.39 Å². The van der Waals surface area contributed by atoms with E-state index in [1.807, 2.05) is 0 Å². The fraction of sp³-hybridized carbons (Fsp3) is 0.455. The normalized spacial score (nSPS) is 19.9. The summed E-state index contributed by atoms with van der Waals surface area (Å²) in [7, 11) is -7.12. The highest BCUT2D eigenvalue weighted by atomic mass is 32.2. The van der Waals surface area contributed by atoms with Gasteiger partial charge in [0, 0.05) is 19.6 Å². The maximum atomic E-state index is 13.3. The summed E-state index contributed by atoms with van der Waals surface area (Å²) in [5.41, 5.74) is 5.77. The van der Waals surface area contributed by atoms with Crippen molar-refractivity contribution in [3.05, 3.63) is 29.6 Å². The van der Waals surface area contributed by atoms with Crippen LogP contribution in [-0.2, 0) is 26.4 Å². The molecule has 20 heavy (non-hydrogen) atoms. The molecule has 1 aromatic rings. The number of halogens is 1. The summed E-state index contributed by atoms with van der Waals surface area (Å²) in [5, 5.41) is 0. The lowest BCUT2D eigenvalue weighted by Crippen LogP contribution is -2.43. The van der Waals surface area contributed by atoms with E-state index in [-0.39, 0.29) is 36.0 Å². The van der Waals surface area contributed by atoms with Gasteiger partial charge in [-0.2, -0.15) is 4.31 Å². The minimum Gasteiger partial charge on any atom is -0.326 e. The topological polar surface area (TPSA) is 97.5 Å². The molecule has 2 rings (SSSR count). The zero-order chi connectivity index (χ0) is 15.0. The Morgan fingerprint density at radius 1 is 1.25 bits per heavy atom. The Balaban J connectivity index is 2.39. The number of sulfone groups is 1. The molecule has 0 amide bonds. The molecule has 1 aliphatic heterocycles. The van der Waals surface area contributed by atoms with E-state index in [9.17, 15) is 21.2 Å². The lowest BCUT2D eigenvalue weighted by atomic mass is 10.2. The molecule has 0 atom stereocenters. The van der Waals surface area contributed by atoms with Crippen LogP contribution < -0.4 is 5.73 Å². The number of nitrogens with two attached hydrogens (primary N) is 1. The summed E-state index contributed by atoms with van der Waals surface area (Å²) in [6.07, 6.45) is 0. The van der Waals surface area contributed by atoms with Crippen LogP contribution in [0.1, 0.15) is 5.56 Å². The van der Waals surface area contributed by atoms with Gasteiger partial charge in [-0.05, 0) is 17.7 Å². The van der Waals surface area contributed by atoms with Crippen molar-refractivity contribution in [2.75, 3.05) is 24.6 Å². The van der Waals surface area contributed by atoms with Gasteiger partial charge in [0.05, 0.1) is 16.4 Å². The molecule has 0 spiro atoms. The van der Waals surface area contributed by atoms with Crippen molar-refractivity contribution >= 4 is 19.9 Å². The SMILES string of the molecule is NCc1ccc(F)cc1S(=O)(=O)N1CCS(=O)(=O)CC1. The number of hydrogen-bond donors (Lipinski definition) is 1. The van der Waals surface area contributed by atoms with Crippen molar-refractivity contribution in [2.45, 2.75) is 11.4 Å². The Morgan fingerprint density at radius 2 is 1.85 bits per heavy atom. The van der Waals surface area contributed by atoms with Crippen molar-refractivity contribution < 1.29 is 21.2 Å². The van der Waals surface area contributed by atoms with E-state index in [1.165, 1.54) is 6.07 Å². The van der Waals surface area contributed by atoms with Gasteiger partial charge in [-0.3, -0.25) is 0 Å². The van der Waals surface area contributed by atoms with E-state index in [0.29, 0.717) is 5.56 Å². The van der Waals surface area contributed by atoms with Crippen molar-refractivity contribution in [3.8, 4) is 0 Å². The number of nitrogens with zero attached hydrogens (tertiary/aromatic N) is 1. The largest absolute Gasteiger partial charge is 0.326 e. The molecule has 6 nitrogen and oxygen atoms in total. The Labute approximate surface area is 117 Å². The molecule has 1 heterocycles. The second-order valence-electron chi connectivity index (χ2n) is 4.51. The average Bonchev–Trinajstić information content (AvgIpc) is 2.38. The van der Waals surface area contributed by atoms with Crippen LogP contribution in [0.3, 0.4) is 0 Å². The molecule has 1 aromatic carbocycles. The van der Waals surface area contributed by atoms with Crippen molar-refractivity contribution in [2.24, 2.45) is 5.73 Å². The Hall–Kier alpha value is -1.03. The van der Waals surface area contributed by atoms with Crippen LogP contribution in [0.25, 0.3) is 0 Å². The summed E-state index contributed by atoms with van der Waals surface area (Å²) in [6.45, 7) is -0.280. The number of sulfonamides is 1. The van der Waals surface area contributed by atoms with Gasteiger partial charge in [-0.15, -0.1) is 0 Å². The minimum atomic E-state index is -3.93. The van der Waals surface area contributed by atoms with Crippen LogP contribution in [0.15, 0.2) is 23.1 Å². The monoisotopic (exact) mass is 322 g/mol. The Morgan fingerprint density at radius 3 is 2.40 bits per heavy atom. The first-order chi connectivity index (χ1) is 9.26. The van der Waals surface area contributed by atoms with Gasteiger partial charge in [0.25, 0.3) is 0 Å². The fourth-order valence-corrected chi connectivity index (χ4v) is 5.13. The zero-order valence-electron chi connectivity index (χ0n) is 10.6. The standard InChI is InChI=1S/C11H15FN2O4S2/c12-10-2-1-9(8-13)11(7-10)20(17,18)14-3-5-19(15,16)6-4-14/h1-2,7H,3-6,8,13H2. The predicted molar refractivity (Wildman–Crippen MR) is 71.7 cm³/mol. The third-order valence-corrected chi connectivity index (χ3v) is 6.76. The molecule has 1 saturated heterocycles. The van der Waals surface area contributed by atoms with E-state index < -0.39 is 25.7 Å². The van der Waals surface area contributed by atoms with Crippen molar-refractivity contribution in [3.63, 3.8) is 0 Å². The van der Waals surface area contributed by atoms with Gasteiger partial charge in [-0.1, -0.05) is 6.07 Å². The van der Waals surface area contributed by atoms with Crippen LogP contribution in [0, 0.1) is 5.82 Å². The van der Waals surface area contributed by atoms with Crippen LogP contribution >= 0.6 is 0 Å². The lowest BCUT2D eigenvalue weighted by molar-refractivity contribution is 0.429. The van der Waals surface area contributed by atoms with Gasteiger partial charge in [0.2, 0.25) is 10.0 Å². The molecule has 1 aliphatic rings. The van der Waals surface area contributed by atoms with Crippen molar-refractivity contribution in [1.29, 1.82) is 0 Å². The van der Waals surface area contributed by atoms with Crippen LogP contribution in [0.2, 0.25) is 0 Å². The minimum absolute atomic E-state index is 0.0407. The number of benzene rings is 1. The third-order valence-electron chi connectivity index (χ3n) is 3.17. The molecule has 9 heteroatoms. The maximum absolute atomic E-state index is 13.3. The van der Waals surface area contributed by atoms with Gasteiger partial charge < -0.3 is 5.73 Å². The van der Waals surface area contributed by atoms with Gasteiger partial charge >= 0.3 is 0 Å². The molecule has 0 aromatic heterocycles. The highest BCUT2D eigenvalue weighted by molar-refractivity contribution is 7.92. The molecular weight excluding hydrogens is 307 g/mol. The average molecular weight is 322 g/mol. The quantitative estimate of drug-likeness (QED) is 0.824.